The van der Waals surface area contributed by atoms with E-state index in [1.807, 2.05) is 0 Å². The lowest BCUT2D eigenvalue weighted by Crippen LogP contribution is -2.13. The van der Waals surface area contributed by atoms with Crippen LogP contribution in [0.4, 0.5) is 0 Å². The molecule has 2 rings (SSSR count). The van der Waals surface area contributed by atoms with Gasteiger partial charge in [0, 0.05) is 0 Å². The zero-order valence-electron chi connectivity index (χ0n) is 11.7. The summed E-state index contributed by atoms with van der Waals surface area (Å²) in [7, 11) is 1.57. The molecule has 0 radical (unpaired) electrons. The van der Waals surface area contributed by atoms with E-state index in [0.717, 1.165) is 17.3 Å². The zero-order valence-corrected chi connectivity index (χ0v) is 13.3. The summed E-state index contributed by atoms with van der Waals surface area (Å²) < 4.78 is 12.1. The Morgan fingerprint density at radius 2 is 2.05 bits per heavy atom. The first kappa shape index (κ1) is 15.2. The first-order valence-electron chi connectivity index (χ1n) is 6.79. The van der Waals surface area contributed by atoms with Crippen LogP contribution in [-0.2, 0) is 4.79 Å². The third-order valence-corrected chi connectivity index (χ3v) is 4.30. The summed E-state index contributed by atoms with van der Waals surface area (Å²) in [6.07, 6.45) is 4.73. The summed E-state index contributed by atoms with van der Waals surface area (Å²) in [6.45, 7) is 1.65. The number of hydrogen-bond acceptors (Lipinski definition) is 3. The van der Waals surface area contributed by atoms with Crippen LogP contribution >= 0.6 is 15.9 Å². The Hall–Kier alpha value is -1.23. The van der Waals surface area contributed by atoms with Gasteiger partial charge in [-0.3, -0.25) is 4.79 Å². The SMILES string of the molecule is COc1cc(C(C)C(=O)O)cc(Br)c1OC1CCCC1. The molecular weight excluding hydrogens is 324 g/mol. The van der Waals surface area contributed by atoms with Gasteiger partial charge in [0.1, 0.15) is 0 Å². The number of carbonyl (C=O) groups is 1. The van der Waals surface area contributed by atoms with Crippen LogP contribution in [0.5, 0.6) is 11.5 Å². The molecule has 0 amide bonds. The molecule has 1 saturated carbocycles. The highest BCUT2D eigenvalue weighted by molar-refractivity contribution is 9.10. The molecule has 110 valence electrons. The highest BCUT2D eigenvalue weighted by Gasteiger charge is 2.23. The Bertz CT molecular complexity index is 495. The number of halogens is 1. The van der Waals surface area contributed by atoms with Crippen LogP contribution in [0.3, 0.4) is 0 Å². The summed E-state index contributed by atoms with van der Waals surface area (Å²) in [5.41, 5.74) is 0.694. The van der Waals surface area contributed by atoms with Crippen molar-refractivity contribution in [2.45, 2.75) is 44.6 Å². The number of benzene rings is 1. The topological polar surface area (TPSA) is 55.8 Å². The summed E-state index contributed by atoms with van der Waals surface area (Å²) in [4.78, 5) is 11.1. The van der Waals surface area contributed by atoms with Gasteiger partial charge in [0.2, 0.25) is 0 Å². The van der Waals surface area contributed by atoms with Crippen molar-refractivity contribution < 1.29 is 19.4 Å². The van der Waals surface area contributed by atoms with Gasteiger partial charge in [-0.2, -0.15) is 0 Å². The van der Waals surface area contributed by atoms with Crippen LogP contribution in [0.15, 0.2) is 16.6 Å². The van der Waals surface area contributed by atoms with Gasteiger partial charge < -0.3 is 14.6 Å². The fourth-order valence-electron chi connectivity index (χ4n) is 2.42. The fourth-order valence-corrected chi connectivity index (χ4v) is 2.97. The summed E-state index contributed by atoms with van der Waals surface area (Å²) >= 11 is 3.47. The van der Waals surface area contributed by atoms with E-state index in [0.29, 0.717) is 17.1 Å². The van der Waals surface area contributed by atoms with E-state index >= 15 is 0 Å². The molecule has 1 aliphatic rings. The molecule has 1 fully saturated rings. The summed E-state index contributed by atoms with van der Waals surface area (Å²) in [5, 5.41) is 9.10. The van der Waals surface area contributed by atoms with Gasteiger partial charge in [0.05, 0.1) is 23.6 Å². The van der Waals surface area contributed by atoms with Crippen molar-refractivity contribution in [3.8, 4) is 11.5 Å². The molecule has 0 saturated heterocycles. The molecular formula is C15H19BrO4. The third-order valence-electron chi connectivity index (χ3n) is 3.71. The fraction of sp³-hybridized carbons (Fsp3) is 0.533. The van der Waals surface area contributed by atoms with E-state index in [9.17, 15) is 4.79 Å². The normalized spacial score (nSPS) is 16.9. The Balaban J connectivity index is 2.30. The lowest BCUT2D eigenvalue weighted by atomic mass is 10.0. The Morgan fingerprint density at radius 1 is 1.40 bits per heavy atom. The molecule has 1 atom stereocenters. The smallest absolute Gasteiger partial charge is 0.310 e. The van der Waals surface area contributed by atoms with E-state index in [4.69, 9.17) is 14.6 Å². The number of carboxylic acids is 1. The van der Waals surface area contributed by atoms with Crippen molar-refractivity contribution >= 4 is 21.9 Å². The second kappa shape index (κ2) is 6.48. The molecule has 1 aromatic rings. The molecule has 5 heteroatoms. The molecule has 1 aromatic carbocycles. The molecule has 0 spiro atoms. The van der Waals surface area contributed by atoms with Crippen LogP contribution in [0.2, 0.25) is 0 Å². The Kier molecular flexibility index (Phi) is 4.91. The van der Waals surface area contributed by atoms with Crippen molar-refractivity contribution in [1.82, 2.24) is 0 Å². The van der Waals surface area contributed by atoms with Gasteiger partial charge in [-0.25, -0.2) is 0 Å². The number of hydrogen-bond donors (Lipinski definition) is 1. The zero-order chi connectivity index (χ0) is 14.7. The van der Waals surface area contributed by atoms with Gasteiger partial charge in [0.25, 0.3) is 0 Å². The van der Waals surface area contributed by atoms with Crippen molar-refractivity contribution in [3.63, 3.8) is 0 Å². The van der Waals surface area contributed by atoms with Crippen molar-refractivity contribution in [3.05, 3.63) is 22.2 Å². The van der Waals surface area contributed by atoms with Crippen LogP contribution in [0.25, 0.3) is 0 Å². The third kappa shape index (κ3) is 3.26. The number of carboxylic acid groups (broad SMARTS) is 1. The largest absolute Gasteiger partial charge is 0.493 e. The molecule has 0 aromatic heterocycles. The molecule has 1 aliphatic carbocycles. The summed E-state index contributed by atoms with van der Waals surface area (Å²) in [5.74, 6) is -0.195. The lowest BCUT2D eigenvalue weighted by Gasteiger charge is -2.19. The first-order valence-corrected chi connectivity index (χ1v) is 7.59. The monoisotopic (exact) mass is 342 g/mol. The van der Waals surface area contributed by atoms with Gasteiger partial charge in [0.15, 0.2) is 11.5 Å². The number of methoxy groups -OCH3 is 1. The standard InChI is InChI=1S/C15H19BrO4/c1-9(15(17)18)10-7-12(16)14(13(8-10)19-2)20-11-5-3-4-6-11/h7-9,11H,3-6H2,1-2H3,(H,17,18). The van der Waals surface area contributed by atoms with Crippen LogP contribution in [0, 0.1) is 0 Å². The minimum atomic E-state index is -0.858. The maximum Gasteiger partial charge on any atom is 0.310 e. The highest BCUT2D eigenvalue weighted by Crippen LogP contribution is 2.40. The molecule has 0 aliphatic heterocycles. The molecule has 1 unspecified atom stereocenters. The van der Waals surface area contributed by atoms with Crippen molar-refractivity contribution in [2.75, 3.05) is 7.11 Å². The number of rotatable bonds is 5. The minimum absolute atomic E-state index is 0.225. The number of ether oxygens (including phenoxy) is 2. The van der Waals surface area contributed by atoms with Crippen molar-refractivity contribution in [1.29, 1.82) is 0 Å². The van der Waals surface area contributed by atoms with Gasteiger partial charge in [-0.15, -0.1) is 0 Å². The Morgan fingerprint density at radius 3 is 2.60 bits per heavy atom. The molecule has 0 heterocycles. The predicted octanol–water partition coefficient (Wildman–Crippen LogP) is 3.97. The Labute approximate surface area is 127 Å². The highest BCUT2D eigenvalue weighted by atomic mass is 79.9. The van der Waals surface area contributed by atoms with E-state index in [1.54, 1.807) is 26.2 Å². The quantitative estimate of drug-likeness (QED) is 0.879. The van der Waals surface area contributed by atoms with E-state index in [2.05, 4.69) is 15.9 Å². The van der Waals surface area contributed by atoms with Crippen LogP contribution in [0.1, 0.15) is 44.1 Å². The first-order chi connectivity index (χ1) is 9.52. The number of aliphatic carboxylic acids is 1. The lowest BCUT2D eigenvalue weighted by molar-refractivity contribution is -0.138. The minimum Gasteiger partial charge on any atom is -0.493 e. The van der Waals surface area contributed by atoms with E-state index in [-0.39, 0.29) is 6.10 Å². The molecule has 20 heavy (non-hydrogen) atoms. The van der Waals surface area contributed by atoms with Gasteiger partial charge in [-0.1, -0.05) is 0 Å². The predicted molar refractivity (Wildman–Crippen MR) is 79.6 cm³/mol. The molecule has 4 nitrogen and oxygen atoms in total. The maximum atomic E-state index is 11.1. The second-order valence-corrected chi connectivity index (χ2v) is 5.97. The summed E-state index contributed by atoms with van der Waals surface area (Å²) in [6, 6.07) is 3.54. The van der Waals surface area contributed by atoms with Crippen molar-refractivity contribution in [2.24, 2.45) is 0 Å². The van der Waals surface area contributed by atoms with E-state index < -0.39 is 11.9 Å². The maximum absolute atomic E-state index is 11.1. The average molecular weight is 343 g/mol. The van der Waals surface area contributed by atoms with Gasteiger partial charge >= 0.3 is 5.97 Å². The van der Waals surface area contributed by atoms with Crippen LogP contribution < -0.4 is 9.47 Å². The van der Waals surface area contributed by atoms with Gasteiger partial charge in [-0.05, 0) is 66.2 Å². The molecule has 1 N–H and O–H groups in total. The van der Waals surface area contributed by atoms with Crippen LogP contribution in [-0.4, -0.2) is 24.3 Å². The average Bonchev–Trinajstić information content (AvgIpc) is 2.92. The van der Waals surface area contributed by atoms with E-state index in [1.165, 1.54) is 12.8 Å². The second-order valence-electron chi connectivity index (χ2n) is 5.12. The molecule has 0 bridgehead atoms.